The lowest BCUT2D eigenvalue weighted by atomic mass is 9.74. The fourth-order valence-electron chi connectivity index (χ4n) is 3.07. The summed E-state index contributed by atoms with van der Waals surface area (Å²) in [7, 11) is 0. The molecular weight excluding hydrogens is 170 g/mol. The van der Waals surface area contributed by atoms with Crippen molar-refractivity contribution >= 4 is 0 Å². The molecule has 2 fully saturated rings. The maximum Gasteiger partial charge on any atom is 0.00721 e. The average molecular weight is 195 g/mol. The first-order valence-electron chi connectivity index (χ1n) is 6.47. The Balaban J connectivity index is 1.40. The highest BCUT2D eigenvalue weighted by atomic mass is 14.9. The second-order valence-corrected chi connectivity index (χ2v) is 5.81. The molecule has 0 aromatic carbocycles. The Bertz CT molecular complexity index is 146. The molecule has 2 aliphatic rings. The van der Waals surface area contributed by atoms with Crippen molar-refractivity contribution < 1.29 is 0 Å². The molecule has 0 aromatic rings. The van der Waals surface area contributed by atoms with Gasteiger partial charge in [-0.15, -0.1) is 0 Å². The van der Waals surface area contributed by atoms with E-state index in [0.717, 1.165) is 23.8 Å². The quantitative estimate of drug-likeness (QED) is 0.664. The summed E-state index contributed by atoms with van der Waals surface area (Å²) in [4.78, 5) is 0. The molecule has 2 saturated carbocycles. The minimum atomic E-state index is 0.866. The predicted molar refractivity (Wildman–Crippen MR) is 61.3 cm³/mol. The van der Waals surface area contributed by atoms with Crippen LogP contribution in [-0.2, 0) is 0 Å². The van der Waals surface area contributed by atoms with Gasteiger partial charge < -0.3 is 5.32 Å². The Morgan fingerprint density at radius 3 is 2.21 bits per heavy atom. The first-order chi connectivity index (χ1) is 6.74. The van der Waals surface area contributed by atoms with E-state index in [4.69, 9.17) is 0 Å². The van der Waals surface area contributed by atoms with Crippen LogP contribution >= 0.6 is 0 Å². The summed E-state index contributed by atoms with van der Waals surface area (Å²) in [6.07, 6.45) is 8.71. The third-order valence-corrected chi connectivity index (χ3v) is 4.07. The molecular formula is C13H25N. The van der Waals surface area contributed by atoms with Crippen LogP contribution in [0.15, 0.2) is 0 Å². The predicted octanol–water partition coefficient (Wildman–Crippen LogP) is 3.20. The normalized spacial score (nSPS) is 41.6. The fourth-order valence-corrected chi connectivity index (χ4v) is 3.07. The molecule has 1 heteroatoms. The van der Waals surface area contributed by atoms with E-state index in [9.17, 15) is 0 Å². The first-order valence-corrected chi connectivity index (χ1v) is 6.47. The second-order valence-electron chi connectivity index (χ2n) is 5.81. The Morgan fingerprint density at radius 2 is 1.64 bits per heavy atom. The molecule has 0 unspecified atom stereocenters. The minimum Gasteiger partial charge on any atom is -0.314 e. The van der Waals surface area contributed by atoms with E-state index < -0.39 is 0 Å². The molecule has 0 amide bonds. The van der Waals surface area contributed by atoms with Crippen molar-refractivity contribution in [2.45, 2.75) is 58.4 Å². The molecule has 82 valence electrons. The van der Waals surface area contributed by atoms with Gasteiger partial charge in [0.05, 0.1) is 0 Å². The van der Waals surface area contributed by atoms with Crippen LogP contribution in [0.5, 0.6) is 0 Å². The van der Waals surface area contributed by atoms with Crippen LogP contribution < -0.4 is 5.32 Å². The first kappa shape index (κ1) is 10.5. The van der Waals surface area contributed by atoms with Gasteiger partial charge in [-0.25, -0.2) is 0 Å². The molecule has 0 aliphatic heterocycles. The minimum absolute atomic E-state index is 0.866. The summed E-state index contributed by atoms with van der Waals surface area (Å²) >= 11 is 0. The van der Waals surface area contributed by atoms with Crippen LogP contribution in [0.25, 0.3) is 0 Å². The van der Waals surface area contributed by atoms with Gasteiger partial charge in [-0.1, -0.05) is 13.8 Å². The lowest BCUT2D eigenvalue weighted by molar-refractivity contribution is 0.190. The second kappa shape index (κ2) is 4.65. The van der Waals surface area contributed by atoms with E-state index in [1.807, 2.05) is 0 Å². The lowest BCUT2D eigenvalue weighted by Gasteiger charge is -2.35. The molecule has 0 bridgehead atoms. The Kier molecular flexibility index (Phi) is 3.48. The van der Waals surface area contributed by atoms with Crippen molar-refractivity contribution in [2.24, 2.45) is 17.8 Å². The summed E-state index contributed by atoms with van der Waals surface area (Å²) in [6, 6.07) is 0.866. The molecule has 0 saturated heterocycles. The van der Waals surface area contributed by atoms with E-state index in [2.05, 4.69) is 19.2 Å². The van der Waals surface area contributed by atoms with Gasteiger partial charge in [0.15, 0.2) is 0 Å². The van der Waals surface area contributed by atoms with Crippen LogP contribution in [0.4, 0.5) is 0 Å². The maximum atomic E-state index is 3.66. The number of hydrogen-bond donors (Lipinski definition) is 1. The van der Waals surface area contributed by atoms with Gasteiger partial charge in [-0.05, 0) is 62.8 Å². The third-order valence-electron chi connectivity index (χ3n) is 4.07. The van der Waals surface area contributed by atoms with Crippen molar-refractivity contribution in [1.82, 2.24) is 5.32 Å². The molecule has 1 N–H and O–H groups in total. The van der Waals surface area contributed by atoms with Gasteiger partial charge in [0.2, 0.25) is 0 Å². The molecule has 1 nitrogen and oxygen atoms in total. The Labute approximate surface area is 88.7 Å². The van der Waals surface area contributed by atoms with Crippen molar-refractivity contribution in [3.63, 3.8) is 0 Å². The largest absolute Gasteiger partial charge is 0.314 e. The van der Waals surface area contributed by atoms with Crippen molar-refractivity contribution in [3.8, 4) is 0 Å². The van der Waals surface area contributed by atoms with E-state index in [1.165, 1.54) is 45.1 Å². The van der Waals surface area contributed by atoms with Gasteiger partial charge in [0, 0.05) is 6.04 Å². The standard InChI is InChI=1S/C13H25N/c1-10-6-12(7-10)4-3-5-14-13-8-11(2)9-13/h10-14H,3-9H2,1-2H3. The Morgan fingerprint density at radius 1 is 1.00 bits per heavy atom. The van der Waals surface area contributed by atoms with Crippen molar-refractivity contribution in [2.75, 3.05) is 6.54 Å². The number of nitrogens with one attached hydrogen (secondary N) is 1. The zero-order valence-corrected chi connectivity index (χ0v) is 9.76. The van der Waals surface area contributed by atoms with Crippen LogP contribution in [-0.4, -0.2) is 12.6 Å². The fraction of sp³-hybridized carbons (Fsp3) is 1.00. The van der Waals surface area contributed by atoms with Crippen LogP contribution in [0.2, 0.25) is 0 Å². The number of rotatable bonds is 5. The topological polar surface area (TPSA) is 12.0 Å². The highest BCUT2D eigenvalue weighted by Gasteiger charge is 2.26. The third kappa shape index (κ3) is 2.73. The highest BCUT2D eigenvalue weighted by molar-refractivity contribution is 4.82. The smallest absolute Gasteiger partial charge is 0.00721 e. The van der Waals surface area contributed by atoms with Gasteiger partial charge in [-0.3, -0.25) is 0 Å². The summed E-state index contributed by atoms with van der Waals surface area (Å²) in [5.41, 5.74) is 0. The van der Waals surface area contributed by atoms with Crippen LogP contribution in [0.3, 0.4) is 0 Å². The molecule has 14 heavy (non-hydrogen) atoms. The van der Waals surface area contributed by atoms with Gasteiger partial charge in [0.25, 0.3) is 0 Å². The summed E-state index contributed by atoms with van der Waals surface area (Å²) in [5.74, 6) is 3.09. The molecule has 0 radical (unpaired) electrons. The maximum absolute atomic E-state index is 3.66. The molecule has 0 atom stereocenters. The highest BCUT2D eigenvalue weighted by Crippen LogP contribution is 2.36. The summed E-state index contributed by atoms with van der Waals surface area (Å²) in [5, 5.41) is 3.66. The van der Waals surface area contributed by atoms with Crippen molar-refractivity contribution in [1.29, 1.82) is 0 Å². The van der Waals surface area contributed by atoms with E-state index >= 15 is 0 Å². The lowest BCUT2D eigenvalue weighted by Crippen LogP contribution is -2.40. The molecule has 2 rings (SSSR count). The molecule has 0 aromatic heterocycles. The van der Waals surface area contributed by atoms with Gasteiger partial charge in [0.1, 0.15) is 0 Å². The van der Waals surface area contributed by atoms with Crippen molar-refractivity contribution in [3.05, 3.63) is 0 Å². The van der Waals surface area contributed by atoms with E-state index in [-0.39, 0.29) is 0 Å². The van der Waals surface area contributed by atoms with E-state index in [1.54, 1.807) is 0 Å². The molecule has 0 heterocycles. The monoisotopic (exact) mass is 195 g/mol. The molecule has 0 spiro atoms. The van der Waals surface area contributed by atoms with Crippen LogP contribution in [0, 0.1) is 17.8 Å². The zero-order valence-electron chi connectivity index (χ0n) is 9.76. The SMILES string of the molecule is CC1CC(CCCNC2CC(C)C2)C1. The Hall–Kier alpha value is -0.0400. The zero-order chi connectivity index (χ0) is 9.97. The number of hydrogen-bond acceptors (Lipinski definition) is 1. The van der Waals surface area contributed by atoms with Gasteiger partial charge >= 0.3 is 0 Å². The van der Waals surface area contributed by atoms with E-state index in [0.29, 0.717) is 0 Å². The summed E-state index contributed by atoms with van der Waals surface area (Å²) in [6.45, 7) is 6.00. The summed E-state index contributed by atoms with van der Waals surface area (Å²) < 4.78 is 0. The van der Waals surface area contributed by atoms with Crippen LogP contribution in [0.1, 0.15) is 52.4 Å². The van der Waals surface area contributed by atoms with Gasteiger partial charge in [-0.2, -0.15) is 0 Å². The molecule has 2 aliphatic carbocycles. The average Bonchev–Trinajstić information content (AvgIpc) is 2.05.